The summed E-state index contributed by atoms with van der Waals surface area (Å²) in [4.78, 5) is 23.3. The summed E-state index contributed by atoms with van der Waals surface area (Å²) in [6, 6.07) is 13.9. The Morgan fingerprint density at radius 2 is 1.31 bits per heavy atom. The lowest BCUT2D eigenvalue weighted by atomic mass is 10.2. The molecule has 0 radical (unpaired) electrons. The number of amides is 1. The van der Waals surface area contributed by atoms with Crippen LogP contribution in [0.3, 0.4) is 0 Å². The molecule has 144 valence electrons. The SMILES string of the molecule is C.CN(C)C(=O)c1cccc(Br)c1.CNC.O=C(O)c1cccc(Br)c1. The van der Waals surface area contributed by atoms with Crippen molar-refractivity contribution in [2.75, 3.05) is 28.2 Å². The highest BCUT2D eigenvalue weighted by Crippen LogP contribution is 2.12. The van der Waals surface area contributed by atoms with Crippen LogP contribution in [-0.2, 0) is 0 Å². The molecular weight excluding hydrogens is 464 g/mol. The smallest absolute Gasteiger partial charge is 0.335 e. The monoisotopic (exact) mass is 488 g/mol. The van der Waals surface area contributed by atoms with Gasteiger partial charge in [0.2, 0.25) is 0 Å². The molecule has 0 fully saturated rings. The van der Waals surface area contributed by atoms with Gasteiger partial charge in [-0.2, -0.15) is 0 Å². The molecule has 0 bridgehead atoms. The molecule has 0 atom stereocenters. The van der Waals surface area contributed by atoms with Crippen molar-refractivity contribution in [2.24, 2.45) is 0 Å². The largest absolute Gasteiger partial charge is 0.478 e. The molecule has 7 heteroatoms. The molecule has 5 nitrogen and oxygen atoms in total. The predicted octanol–water partition coefficient (Wildman–Crippen LogP) is 4.77. The summed E-state index contributed by atoms with van der Waals surface area (Å²) >= 11 is 6.48. The Morgan fingerprint density at radius 3 is 1.62 bits per heavy atom. The Hall–Kier alpha value is -1.70. The van der Waals surface area contributed by atoms with Crippen LogP contribution >= 0.6 is 31.9 Å². The van der Waals surface area contributed by atoms with E-state index in [-0.39, 0.29) is 13.3 Å². The Balaban J connectivity index is 0. The molecule has 0 spiro atoms. The minimum Gasteiger partial charge on any atom is -0.478 e. The third-order valence-corrected chi connectivity index (χ3v) is 3.54. The van der Waals surface area contributed by atoms with Crippen LogP contribution in [-0.4, -0.2) is 50.1 Å². The van der Waals surface area contributed by atoms with Gasteiger partial charge >= 0.3 is 5.97 Å². The second-order valence-corrected chi connectivity index (χ2v) is 6.86. The Bertz CT molecular complexity index is 692. The van der Waals surface area contributed by atoms with Gasteiger partial charge in [-0.1, -0.05) is 51.4 Å². The first-order valence-corrected chi connectivity index (χ1v) is 8.86. The van der Waals surface area contributed by atoms with Crippen LogP contribution in [0.5, 0.6) is 0 Å². The van der Waals surface area contributed by atoms with E-state index in [1.165, 1.54) is 0 Å². The van der Waals surface area contributed by atoms with Gasteiger partial charge in [-0.15, -0.1) is 0 Å². The summed E-state index contributed by atoms with van der Waals surface area (Å²) in [5, 5.41) is 11.2. The summed E-state index contributed by atoms with van der Waals surface area (Å²) in [6.45, 7) is 0. The molecule has 2 aromatic rings. The average molecular weight is 490 g/mol. The van der Waals surface area contributed by atoms with E-state index in [0.717, 1.165) is 8.95 Å². The maximum atomic E-state index is 11.4. The Kier molecular flexibility index (Phi) is 14.8. The third kappa shape index (κ3) is 11.0. The molecule has 0 saturated carbocycles. The first-order valence-electron chi connectivity index (χ1n) is 7.27. The normalized spacial score (nSPS) is 8.69. The van der Waals surface area contributed by atoms with Gasteiger partial charge in [-0.3, -0.25) is 4.79 Å². The van der Waals surface area contributed by atoms with Gasteiger partial charge in [0.05, 0.1) is 5.56 Å². The van der Waals surface area contributed by atoms with Gasteiger partial charge in [0.1, 0.15) is 0 Å². The molecule has 0 unspecified atom stereocenters. The molecule has 0 aliphatic carbocycles. The van der Waals surface area contributed by atoms with Crippen LogP contribution in [0.25, 0.3) is 0 Å². The zero-order valence-electron chi connectivity index (χ0n) is 14.6. The summed E-state index contributed by atoms with van der Waals surface area (Å²) in [6.07, 6.45) is 0. The van der Waals surface area contributed by atoms with Crippen molar-refractivity contribution in [1.82, 2.24) is 10.2 Å². The number of carbonyl (C=O) groups is 2. The maximum absolute atomic E-state index is 11.4. The highest BCUT2D eigenvalue weighted by molar-refractivity contribution is 9.10. The number of nitrogens with zero attached hydrogens (tertiary/aromatic N) is 1. The van der Waals surface area contributed by atoms with E-state index in [0.29, 0.717) is 11.1 Å². The standard InChI is InChI=1S/C9H10BrNO.C7H5BrO2.C2H7N.CH4/c1-11(2)9(12)7-4-3-5-8(10)6-7;8-6-3-1-2-5(4-6)7(9)10;1-3-2;/h3-6H,1-2H3;1-4H,(H,9,10);3H,1-2H3;1H4. The van der Waals surface area contributed by atoms with Gasteiger partial charge < -0.3 is 15.3 Å². The zero-order chi connectivity index (χ0) is 19.4. The van der Waals surface area contributed by atoms with Crippen LogP contribution in [0, 0.1) is 0 Å². The molecule has 0 saturated heterocycles. The molecule has 0 aliphatic rings. The molecule has 0 heterocycles. The van der Waals surface area contributed by atoms with Crippen molar-refractivity contribution in [1.29, 1.82) is 0 Å². The molecule has 26 heavy (non-hydrogen) atoms. The fourth-order valence-electron chi connectivity index (χ4n) is 1.50. The van der Waals surface area contributed by atoms with Gasteiger partial charge in [0, 0.05) is 28.6 Å². The topological polar surface area (TPSA) is 69.6 Å². The fourth-order valence-corrected chi connectivity index (χ4v) is 2.30. The van der Waals surface area contributed by atoms with Crippen molar-refractivity contribution < 1.29 is 14.7 Å². The van der Waals surface area contributed by atoms with E-state index in [4.69, 9.17) is 5.11 Å². The quantitative estimate of drug-likeness (QED) is 0.637. The van der Waals surface area contributed by atoms with E-state index in [9.17, 15) is 9.59 Å². The Labute approximate surface area is 172 Å². The van der Waals surface area contributed by atoms with E-state index < -0.39 is 5.97 Å². The molecule has 0 aliphatic heterocycles. The number of benzene rings is 2. The number of rotatable bonds is 2. The number of carboxylic acids is 1. The summed E-state index contributed by atoms with van der Waals surface area (Å²) in [5.74, 6) is -0.877. The van der Waals surface area contributed by atoms with E-state index in [1.54, 1.807) is 49.3 Å². The molecule has 2 rings (SSSR count). The van der Waals surface area contributed by atoms with Crippen molar-refractivity contribution in [3.8, 4) is 0 Å². The van der Waals surface area contributed by atoms with Gasteiger partial charge in [-0.25, -0.2) is 4.79 Å². The van der Waals surface area contributed by atoms with Crippen LogP contribution in [0.15, 0.2) is 57.5 Å². The van der Waals surface area contributed by atoms with Crippen LogP contribution in [0.1, 0.15) is 28.1 Å². The lowest BCUT2D eigenvalue weighted by Gasteiger charge is -2.09. The molecule has 0 aromatic heterocycles. The highest BCUT2D eigenvalue weighted by atomic mass is 79.9. The number of carbonyl (C=O) groups excluding carboxylic acids is 1. The lowest BCUT2D eigenvalue weighted by Crippen LogP contribution is -2.21. The van der Waals surface area contributed by atoms with Crippen molar-refractivity contribution in [3.63, 3.8) is 0 Å². The zero-order valence-corrected chi connectivity index (χ0v) is 17.8. The number of carboxylic acid groups (broad SMARTS) is 1. The Morgan fingerprint density at radius 1 is 0.923 bits per heavy atom. The van der Waals surface area contributed by atoms with Gasteiger partial charge in [-0.05, 0) is 50.5 Å². The maximum Gasteiger partial charge on any atom is 0.335 e. The van der Waals surface area contributed by atoms with E-state index >= 15 is 0 Å². The van der Waals surface area contributed by atoms with Crippen molar-refractivity contribution >= 4 is 43.7 Å². The first kappa shape index (κ1) is 26.5. The number of halogens is 2. The minimum absolute atomic E-state index is 0. The van der Waals surface area contributed by atoms with E-state index in [2.05, 4.69) is 37.2 Å². The van der Waals surface area contributed by atoms with Crippen molar-refractivity contribution in [3.05, 3.63) is 68.6 Å². The molecular formula is C19H26Br2N2O3. The minimum atomic E-state index is -0.902. The van der Waals surface area contributed by atoms with Crippen LogP contribution in [0.4, 0.5) is 0 Å². The molecule has 1 amide bonds. The van der Waals surface area contributed by atoms with Crippen molar-refractivity contribution in [2.45, 2.75) is 7.43 Å². The summed E-state index contributed by atoms with van der Waals surface area (Å²) < 4.78 is 1.71. The van der Waals surface area contributed by atoms with E-state index in [1.807, 2.05) is 32.3 Å². The molecule has 2 N–H and O–H groups in total. The predicted molar refractivity (Wildman–Crippen MR) is 115 cm³/mol. The fraction of sp³-hybridized carbons (Fsp3) is 0.263. The van der Waals surface area contributed by atoms with Gasteiger partial charge in [0.25, 0.3) is 5.91 Å². The van der Waals surface area contributed by atoms with Gasteiger partial charge in [0.15, 0.2) is 0 Å². The van der Waals surface area contributed by atoms with Crippen LogP contribution < -0.4 is 5.32 Å². The lowest BCUT2D eigenvalue weighted by molar-refractivity contribution is 0.0696. The second-order valence-electron chi connectivity index (χ2n) is 5.03. The average Bonchev–Trinajstić information content (AvgIpc) is 2.55. The second kappa shape index (κ2) is 14.5. The molecule has 2 aromatic carbocycles. The number of hydrogen-bond donors (Lipinski definition) is 2. The summed E-state index contributed by atoms with van der Waals surface area (Å²) in [5.41, 5.74) is 1.00. The van der Waals surface area contributed by atoms with Crippen LogP contribution in [0.2, 0.25) is 0 Å². The third-order valence-electron chi connectivity index (χ3n) is 2.55. The number of aromatic carboxylic acids is 1. The first-order chi connectivity index (χ1) is 11.7. The number of hydrogen-bond acceptors (Lipinski definition) is 3. The highest BCUT2D eigenvalue weighted by Gasteiger charge is 2.06. The summed E-state index contributed by atoms with van der Waals surface area (Å²) in [7, 11) is 7.23. The number of nitrogens with one attached hydrogen (secondary N) is 1.